The van der Waals surface area contributed by atoms with Crippen LogP contribution in [0.5, 0.6) is 0 Å². The normalized spacial score (nSPS) is 12.6. The molecule has 0 aromatic carbocycles. The van der Waals surface area contributed by atoms with Crippen molar-refractivity contribution in [2.24, 2.45) is 0 Å². The van der Waals surface area contributed by atoms with Crippen LogP contribution in [0, 0.1) is 0 Å². The second-order valence-electron chi connectivity index (χ2n) is 5.80. The van der Waals surface area contributed by atoms with Crippen LogP contribution >= 0.6 is 0 Å². The van der Waals surface area contributed by atoms with Gasteiger partial charge in [0.1, 0.15) is 11.5 Å². The topological polar surface area (TPSA) is 98.0 Å². The van der Waals surface area contributed by atoms with Gasteiger partial charge in [-0.1, -0.05) is 37.8 Å². The van der Waals surface area contributed by atoms with Crippen LogP contribution in [0.15, 0.2) is 23.7 Å². The fraction of sp³-hybridized carbons (Fsp3) is 0.722. The van der Waals surface area contributed by atoms with Crippen molar-refractivity contribution in [3.63, 3.8) is 0 Å². The van der Waals surface area contributed by atoms with Gasteiger partial charge >= 0.3 is 5.97 Å². The Bertz CT molecular complexity index is 360. The Morgan fingerprint density at radius 2 is 1.30 bits per heavy atom. The number of hydrogen-bond acceptors (Lipinski definition) is 4. The van der Waals surface area contributed by atoms with E-state index in [1.165, 1.54) is 0 Å². The zero-order valence-electron chi connectivity index (χ0n) is 14.0. The molecule has 4 N–H and O–H groups in total. The first-order valence-corrected chi connectivity index (χ1v) is 8.65. The van der Waals surface area contributed by atoms with E-state index >= 15 is 0 Å². The van der Waals surface area contributed by atoms with Crippen LogP contribution in [0.3, 0.4) is 0 Å². The van der Waals surface area contributed by atoms with Gasteiger partial charge in [0.2, 0.25) is 0 Å². The molecule has 0 aliphatic rings. The molecule has 0 spiro atoms. The van der Waals surface area contributed by atoms with E-state index in [-0.39, 0.29) is 24.5 Å². The van der Waals surface area contributed by atoms with Gasteiger partial charge in [-0.15, -0.1) is 0 Å². The predicted octanol–water partition coefficient (Wildman–Crippen LogP) is 4.63. The number of carboxylic acids is 1. The van der Waals surface area contributed by atoms with E-state index in [9.17, 15) is 15.0 Å². The number of aliphatic carboxylic acids is 1. The molecule has 0 fully saturated rings. The molecule has 0 aromatic rings. The molecule has 0 saturated heterocycles. The minimum absolute atomic E-state index is 0.0301. The summed E-state index contributed by atoms with van der Waals surface area (Å²) in [5.41, 5.74) is 0. The summed E-state index contributed by atoms with van der Waals surface area (Å²) >= 11 is 0. The Morgan fingerprint density at radius 3 is 1.96 bits per heavy atom. The Balaban J connectivity index is 3.65. The second-order valence-corrected chi connectivity index (χ2v) is 5.80. The summed E-state index contributed by atoms with van der Waals surface area (Å²) in [7, 11) is 0. The Labute approximate surface area is 139 Å². The van der Waals surface area contributed by atoms with Crippen LogP contribution < -0.4 is 0 Å². The highest BCUT2D eigenvalue weighted by Crippen LogP contribution is 2.14. The number of allylic oxidation sites excluding steroid dienone is 3. The third-order valence-electron chi connectivity index (χ3n) is 3.64. The summed E-state index contributed by atoms with van der Waals surface area (Å²) < 4.78 is 0. The smallest absolute Gasteiger partial charge is 0.303 e. The van der Waals surface area contributed by atoms with E-state index in [1.807, 2.05) is 12.2 Å². The highest BCUT2D eigenvalue weighted by Gasteiger charge is 2.02. The van der Waals surface area contributed by atoms with Crippen LogP contribution in [0.4, 0.5) is 0 Å². The first-order chi connectivity index (χ1) is 11.1. The Kier molecular flexibility index (Phi) is 14.4. The third kappa shape index (κ3) is 15.2. The fourth-order valence-electron chi connectivity index (χ4n) is 2.22. The van der Waals surface area contributed by atoms with Gasteiger partial charge in [0.25, 0.3) is 0 Å². The van der Waals surface area contributed by atoms with Gasteiger partial charge < -0.3 is 20.4 Å². The number of carbonyl (C=O) groups is 1. The van der Waals surface area contributed by atoms with Gasteiger partial charge in [0.15, 0.2) is 0 Å². The maximum absolute atomic E-state index is 10.3. The average Bonchev–Trinajstić information content (AvgIpc) is 2.52. The lowest BCUT2D eigenvalue weighted by Crippen LogP contribution is -1.94. The molecule has 0 bridgehead atoms. The monoisotopic (exact) mass is 328 g/mol. The molecule has 0 heterocycles. The summed E-state index contributed by atoms with van der Waals surface area (Å²) in [4.78, 5) is 10.3. The molecular weight excluding hydrogens is 296 g/mol. The van der Waals surface area contributed by atoms with Crippen molar-refractivity contribution in [1.82, 2.24) is 0 Å². The van der Waals surface area contributed by atoms with E-state index < -0.39 is 5.97 Å². The van der Waals surface area contributed by atoms with Crippen LogP contribution in [0.2, 0.25) is 0 Å². The molecule has 0 aliphatic heterocycles. The van der Waals surface area contributed by atoms with Crippen molar-refractivity contribution in [3.8, 4) is 0 Å². The molecule has 0 unspecified atom stereocenters. The maximum Gasteiger partial charge on any atom is 0.303 e. The molecule has 5 nitrogen and oxygen atoms in total. The lowest BCUT2D eigenvalue weighted by atomic mass is 10.1. The van der Waals surface area contributed by atoms with Crippen LogP contribution in [0.1, 0.15) is 77.0 Å². The van der Waals surface area contributed by atoms with Crippen molar-refractivity contribution in [2.75, 3.05) is 6.61 Å². The zero-order chi connectivity index (χ0) is 17.3. The SMILES string of the molecule is O=C(O)CCCCCCCC(O)=C(O)CC=CCCCCCO. The lowest BCUT2D eigenvalue weighted by Gasteiger charge is -2.04. The van der Waals surface area contributed by atoms with Gasteiger partial charge in [-0.05, 0) is 32.1 Å². The number of aliphatic hydroxyl groups is 3. The minimum Gasteiger partial charge on any atom is -0.509 e. The predicted molar refractivity (Wildman–Crippen MR) is 91.5 cm³/mol. The van der Waals surface area contributed by atoms with Gasteiger partial charge in [-0.3, -0.25) is 4.79 Å². The van der Waals surface area contributed by atoms with E-state index in [0.29, 0.717) is 19.3 Å². The molecule has 0 atom stereocenters. The number of unbranched alkanes of at least 4 members (excludes halogenated alkanes) is 7. The molecular formula is C18H32O5. The van der Waals surface area contributed by atoms with Crippen LogP contribution in [-0.2, 0) is 4.79 Å². The quantitative estimate of drug-likeness (QED) is 0.200. The summed E-state index contributed by atoms with van der Waals surface area (Å²) in [6.45, 7) is 0.237. The molecule has 134 valence electrons. The highest BCUT2D eigenvalue weighted by molar-refractivity contribution is 5.66. The molecule has 0 aromatic heterocycles. The number of aliphatic hydroxyl groups excluding tert-OH is 3. The van der Waals surface area contributed by atoms with Crippen molar-refractivity contribution in [3.05, 3.63) is 23.7 Å². The summed E-state index contributed by atoms with van der Waals surface area (Å²) in [5.74, 6) is -0.667. The van der Waals surface area contributed by atoms with Crippen molar-refractivity contribution < 1.29 is 25.2 Å². The first-order valence-electron chi connectivity index (χ1n) is 8.65. The number of carboxylic acid groups (broad SMARTS) is 1. The second kappa shape index (κ2) is 15.4. The van der Waals surface area contributed by atoms with Crippen molar-refractivity contribution in [1.29, 1.82) is 0 Å². The third-order valence-corrected chi connectivity index (χ3v) is 3.64. The van der Waals surface area contributed by atoms with Gasteiger partial charge in [0, 0.05) is 25.9 Å². The highest BCUT2D eigenvalue weighted by atomic mass is 16.4. The molecule has 5 heteroatoms. The largest absolute Gasteiger partial charge is 0.509 e. The zero-order valence-corrected chi connectivity index (χ0v) is 14.0. The lowest BCUT2D eigenvalue weighted by molar-refractivity contribution is -0.137. The standard InChI is InChI=1S/C18H32O5/c19-15-11-7-2-1-4-8-12-16(20)17(21)13-9-5-3-6-10-14-18(22)23/h4,8,19-21H,1-3,5-7,9-15H2,(H,22,23). The average molecular weight is 328 g/mol. The Hall–Kier alpha value is -1.49. The molecule has 23 heavy (non-hydrogen) atoms. The van der Waals surface area contributed by atoms with Crippen molar-refractivity contribution in [2.45, 2.75) is 77.0 Å². The van der Waals surface area contributed by atoms with E-state index in [0.717, 1.165) is 51.4 Å². The molecule has 0 aliphatic carbocycles. The minimum atomic E-state index is -0.753. The fourth-order valence-corrected chi connectivity index (χ4v) is 2.22. The first kappa shape index (κ1) is 21.5. The molecule has 0 rings (SSSR count). The van der Waals surface area contributed by atoms with Crippen molar-refractivity contribution >= 4 is 5.97 Å². The summed E-state index contributed by atoms with van der Waals surface area (Å²) in [6, 6.07) is 0. The van der Waals surface area contributed by atoms with Gasteiger partial charge in [0.05, 0.1) is 0 Å². The van der Waals surface area contributed by atoms with Gasteiger partial charge in [-0.25, -0.2) is 0 Å². The maximum atomic E-state index is 10.3. The summed E-state index contributed by atoms with van der Waals surface area (Å²) in [6.07, 6.45) is 12.9. The van der Waals surface area contributed by atoms with Crippen LogP contribution in [0.25, 0.3) is 0 Å². The molecule has 0 saturated carbocycles. The van der Waals surface area contributed by atoms with E-state index in [4.69, 9.17) is 10.2 Å². The van der Waals surface area contributed by atoms with Gasteiger partial charge in [-0.2, -0.15) is 0 Å². The Morgan fingerprint density at radius 1 is 0.696 bits per heavy atom. The molecule has 0 amide bonds. The van der Waals surface area contributed by atoms with E-state index in [1.54, 1.807) is 0 Å². The van der Waals surface area contributed by atoms with E-state index in [2.05, 4.69) is 0 Å². The van der Waals surface area contributed by atoms with Crippen LogP contribution in [-0.4, -0.2) is 33.0 Å². The number of rotatable bonds is 15. The number of hydrogen-bond donors (Lipinski definition) is 4. The summed E-state index contributed by atoms with van der Waals surface area (Å²) in [5, 5.41) is 36.7. The molecule has 0 radical (unpaired) electrons.